The van der Waals surface area contributed by atoms with E-state index in [1.807, 2.05) is 67.6 Å². The fraction of sp³-hybridized carbons (Fsp3) is 0.448. The second-order valence-corrected chi connectivity index (χ2v) is 10.2. The summed E-state index contributed by atoms with van der Waals surface area (Å²) in [5, 5.41) is 5.17. The van der Waals surface area contributed by atoms with E-state index in [4.69, 9.17) is 14.3 Å². The van der Waals surface area contributed by atoms with Crippen LogP contribution in [0.15, 0.2) is 60.7 Å². The summed E-state index contributed by atoms with van der Waals surface area (Å²) in [7, 11) is 1.56. The van der Waals surface area contributed by atoms with E-state index < -0.39 is 0 Å². The van der Waals surface area contributed by atoms with E-state index >= 15 is 0 Å². The number of hydrogen-bond acceptors (Lipinski definition) is 5. The molecule has 1 aliphatic rings. The van der Waals surface area contributed by atoms with Crippen LogP contribution in [0.2, 0.25) is 0 Å². The lowest BCUT2D eigenvalue weighted by Gasteiger charge is -2.21. The predicted molar refractivity (Wildman–Crippen MR) is 151 cm³/mol. The molecule has 0 saturated carbocycles. The van der Waals surface area contributed by atoms with Gasteiger partial charge in [-0.2, -0.15) is 0 Å². The Balaban J connectivity index is 0.000000962. The highest BCUT2D eigenvalue weighted by molar-refractivity contribution is 5.93. The van der Waals surface area contributed by atoms with Gasteiger partial charge in [-0.3, -0.25) is 19.2 Å². The summed E-state index contributed by atoms with van der Waals surface area (Å²) in [6, 6.07) is 19.2. The molecule has 1 saturated heterocycles. The monoisotopic (exact) mass is 528 g/mol. The van der Waals surface area contributed by atoms with Crippen LogP contribution in [0.1, 0.15) is 46.6 Å². The average Bonchev–Trinajstić information content (AvgIpc) is 3.27. The lowest BCUT2D eigenvalue weighted by molar-refractivity contribution is -0.137. The maximum absolute atomic E-state index is 12.4. The number of nitrogens with one attached hydrogen (secondary N) is 2. The van der Waals surface area contributed by atoms with Gasteiger partial charge in [-0.15, -0.1) is 0 Å². The highest BCUT2D eigenvalue weighted by Crippen LogP contribution is 2.24. The van der Waals surface area contributed by atoms with Crippen molar-refractivity contribution in [2.75, 3.05) is 25.5 Å². The molecule has 0 bridgehead atoms. The van der Waals surface area contributed by atoms with Crippen LogP contribution in [0, 0.1) is 11.3 Å². The first-order valence-corrected chi connectivity index (χ1v) is 12.5. The molecule has 0 spiro atoms. The molecule has 3 rings (SSSR count). The van der Waals surface area contributed by atoms with Gasteiger partial charge in [0.1, 0.15) is 6.61 Å². The molecule has 0 aliphatic carbocycles. The lowest BCUT2D eigenvalue weighted by atomic mass is 10.0. The van der Waals surface area contributed by atoms with Crippen molar-refractivity contribution < 1.29 is 23.9 Å². The predicted octanol–water partition coefficient (Wildman–Crippen LogP) is 3.60. The number of likely N-dealkylation sites (tertiary alicyclic amines) is 1. The second kappa shape index (κ2) is 19.4. The first kappa shape index (κ1) is 34.3. The fourth-order valence-corrected chi connectivity index (χ4v) is 3.25. The molecule has 2 aromatic rings. The summed E-state index contributed by atoms with van der Waals surface area (Å²) in [4.78, 5) is 44.3. The van der Waals surface area contributed by atoms with Crippen LogP contribution in [0.3, 0.4) is 0 Å². The number of carbonyl (C=O) groups is 4. The van der Waals surface area contributed by atoms with Gasteiger partial charge in [0.15, 0.2) is 0 Å². The SMILES string of the molecule is CC(C)(C)C.CC1CC(C(=O)Nc2ccccc2)CN1C(=O)COCc1ccccc1.CNC=O.NC=O. The molecule has 2 atom stereocenters. The smallest absolute Gasteiger partial charge is 0.248 e. The minimum absolute atomic E-state index is 0.0340. The van der Waals surface area contributed by atoms with Crippen LogP contribution in [-0.4, -0.2) is 55.8 Å². The highest BCUT2D eigenvalue weighted by atomic mass is 16.5. The van der Waals surface area contributed by atoms with Gasteiger partial charge in [0.05, 0.1) is 12.5 Å². The van der Waals surface area contributed by atoms with Gasteiger partial charge >= 0.3 is 0 Å². The summed E-state index contributed by atoms with van der Waals surface area (Å²) in [6.45, 7) is 11.6. The van der Waals surface area contributed by atoms with Crippen molar-refractivity contribution in [2.24, 2.45) is 17.1 Å². The number of primary amides is 1. The highest BCUT2D eigenvalue weighted by Gasteiger charge is 2.36. The van der Waals surface area contributed by atoms with Crippen LogP contribution in [0.25, 0.3) is 0 Å². The van der Waals surface area contributed by atoms with Crippen molar-refractivity contribution in [1.82, 2.24) is 10.2 Å². The molecule has 210 valence electrons. The molecule has 9 heteroatoms. The summed E-state index contributed by atoms with van der Waals surface area (Å²) >= 11 is 0. The van der Waals surface area contributed by atoms with Crippen LogP contribution < -0.4 is 16.4 Å². The van der Waals surface area contributed by atoms with Crippen molar-refractivity contribution in [3.8, 4) is 0 Å². The Morgan fingerprint density at radius 2 is 1.50 bits per heavy atom. The van der Waals surface area contributed by atoms with Crippen LogP contribution in [0.5, 0.6) is 0 Å². The zero-order valence-corrected chi connectivity index (χ0v) is 23.5. The van der Waals surface area contributed by atoms with E-state index in [-0.39, 0.29) is 36.8 Å². The quantitative estimate of drug-likeness (QED) is 0.473. The van der Waals surface area contributed by atoms with Crippen molar-refractivity contribution in [3.05, 3.63) is 66.2 Å². The summed E-state index contributed by atoms with van der Waals surface area (Å²) in [5.74, 6) is -0.296. The van der Waals surface area contributed by atoms with E-state index in [1.165, 1.54) is 0 Å². The van der Waals surface area contributed by atoms with Crippen molar-refractivity contribution >= 4 is 30.3 Å². The van der Waals surface area contributed by atoms with Gasteiger partial charge in [0.2, 0.25) is 24.6 Å². The standard InChI is InChI=1S/C21H24N2O3.C5H12.C2H5NO.CH3NO/c1-16-12-18(21(25)22-19-10-6-3-7-11-19)13-23(16)20(24)15-26-14-17-8-4-2-5-9-17;1-5(2,3)4;1-3-2-4;2-1-3/h2-11,16,18H,12-15H2,1H3,(H,22,25);1-4H3;2H,1H3,(H,3,4);1H,(H2,2,3). The Morgan fingerprint density at radius 3 is 1.97 bits per heavy atom. The first-order valence-electron chi connectivity index (χ1n) is 12.5. The summed E-state index contributed by atoms with van der Waals surface area (Å²) < 4.78 is 5.54. The summed E-state index contributed by atoms with van der Waals surface area (Å²) in [5.41, 5.74) is 6.48. The molecule has 1 heterocycles. The molecule has 1 fully saturated rings. The third-order valence-corrected chi connectivity index (χ3v) is 4.76. The number of nitrogens with zero attached hydrogens (tertiary/aromatic N) is 1. The zero-order chi connectivity index (χ0) is 29.0. The molecule has 2 aromatic carbocycles. The van der Waals surface area contributed by atoms with Crippen LogP contribution in [0.4, 0.5) is 5.69 Å². The maximum atomic E-state index is 12.4. The van der Waals surface area contributed by atoms with Crippen LogP contribution >= 0.6 is 0 Å². The molecule has 0 radical (unpaired) electrons. The number of rotatable bonds is 7. The number of ether oxygens (including phenoxy) is 1. The molecule has 0 aromatic heterocycles. The van der Waals surface area contributed by atoms with Crippen LogP contribution in [-0.2, 0) is 30.5 Å². The average molecular weight is 529 g/mol. The van der Waals surface area contributed by atoms with Crippen molar-refractivity contribution in [1.29, 1.82) is 0 Å². The number of hydrogen-bond donors (Lipinski definition) is 3. The minimum atomic E-state index is -0.191. The first-order chi connectivity index (χ1) is 18.0. The molecule has 9 nitrogen and oxygen atoms in total. The number of para-hydroxylation sites is 1. The Labute approximate surface area is 227 Å². The maximum Gasteiger partial charge on any atom is 0.248 e. The zero-order valence-electron chi connectivity index (χ0n) is 23.5. The largest absolute Gasteiger partial charge is 0.372 e. The Bertz CT molecular complexity index is 927. The van der Waals surface area contributed by atoms with E-state index in [9.17, 15) is 9.59 Å². The molecule has 1 aliphatic heterocycles. The normalized spacial score (nSPS) is 15.7. The number of carbonyl (C=O) groups excluding carboxylic acids is 4. The summed E-state index contributed by atoms with van der Waals surface area (Å²) in [6.07, 6.45) is 1.54. The fourth-order valence-electron chi connectivity index (χ4n) is 3.25. The van der Waals surface area contributed by atoms with Gasteiger partial charge in [0.25, 0.3) is 0 Å². The molecular weight excluding hydrogens is 484 g/mol. The van der Waals surface area contributed by atoms with Gasteiger partial charge in [-0.25, -0.2) is 0 Å². The third-order valence-electron chi connectivity index (χ3n) is 4.76. The second-order valence-electron chi connectivity index (χ2n) is 10.2. The molecule has 4 N–H and O–H groups in total. The molecule has 4 amide bonds. The van der Waals surface area contributed by atoms with E-state index in [0.717, 1.165) is 11.3 Å². The Morgan fingerprint density at radius 1 is 1.03 bits per heavy atom. The molecule has 38 heavy (non-hydrogen) atoms. The number of benzene rings is 2. The molecular formula is C29H44N4O5. The topological polar surface area (TPSA) is 131 Å². The number of anilines is 1. The van der Waals surface area contributed by atoms with E-state index in [1.54, 1.807) is 11.9 Å². The molecule has 2 unspecified atom stereocenters. The van der Waals surface area contributed by atoms with Gasteiger partial charge in [0, 0.05) is 25.3 Å². The van der Waals surface area contributed by atoms with E-state index in [2.05, 4.69) is 44.1 Å². The van der Waals surface area contributed by atoms with Crippen molar-refractivity contribution in [2.45, 2.75) is 53.7 Å². The Kier molecular flexibility index (Phi) is 17.5. The van der Waals surface area contributed by atoms with Gasteiger partial charge in [-0.1, -0.05) is 76.2 Å². The van der Waals surface area contributed by atoms with Crippen molar-refractivity contribution in [3.63, 3.8) is 0 Å². The van der Waals surface area contributed by atoms with Gasteiger partial charge < -0.3 is 26.0 Å². The Hall–Kier alpha value is -3.72. The van der Waals surface area contributed by atoms with E-state index in [0.29, 0.717) is 31.4 Å². The number of nitrogens with two attached hydrogens (primary N) is 1. The van der Waals surface area contributed by atoms with Gasteiger partial charge in [-0.05, 0) is 36.5 Å². The number of amides is 4. The lowest BCUT2D eigenvalue weighted by Crippen LogP contribution is -2.37. The third kappa shape index (κ3) is 16.9. The minimum Gasteiger partial charge on any atom is -0.372 e.